The Balaban J connectivity index is 3.31. The van der Waals surface area contributed by atoms with Crippen LogP contribution >= 0.6 is 0 Å². The molecule has 0 atom stereocenters. The summed E-state index contributed by atoms with van der Waals surface area (Å²) in [7, 11) is 1.47. The predicted molar refractivity (Wildman–Crippen MR) is 44.4 cm³/mol. The third-order valence-electron chi connectivity index (χ3n) is 1.76. The summed E-state index contributed by atoms with van der Waals surface area (Å²) in [4.78, 5) is 0. The molecule has 4 heteroatoms. The molecule has 64 valence electrons. The number of aryl methyl sites for hydroxylation is 1. The first-order valence-electron chi connectivity index (χ1n) is 3.56. The third kappa shape index (κ3) is 1.63. The van der Waals surface area contributed by atoms with E-state index in [1.54, 1.807) is 6.07 Å². The molecule has 0 bridgehead atoms. The van der Waals surface area contributed by atoms with E-state index in [9.17, 15) is 13.2 Å². The fourth-order valence-corrected chi connectivity index (χ4v) is 1.26. The van der Waals surface area contributed by atoms with Crippen LogP contribution in [-0.2, 0) is 6.18 Å². The Morgan fingerprint density at radius 1 is 1.25 bits per heavy atom. The summed E-state index contributed by atoms with van der Waals surface area (Å²) >= 11 is 0. The molecule has 12 heavy (non-hydrogen) atoms. The minimum atomic E-state index is -4.23. The molecule has 0 spiro atoms. The minimum Gasteiger partial charge on any atom is -0.166 e. The Bertz CT molecular complexity index is 271. The average molecular weight is 172 g/mol. The van der Waals surface area contributed by atoms with Crippen molar-refractivity contribution in [3.8, 4) is 0 Å². The largest absolute Gasteiger partial charge is 0.416 e. The van der Waals surface area contributed by atoms with Crippen LogP contribution in [0.4, 0.5) is 13.2 Å². The van der Waals surface area contributed by atoms with Gasteiger partial charge in [-0.3, -0.25) is 0 Å². The maximum absolute atomic E-state index is 12.3. The van der Waals surface area contributed by atoms with Crippen LogP contribution in [0.5, 0.6) is 0 Å². The van der Waals surface area contributed by atoms with E-state index < -0.39 is 11.7 Å². The summed E-state index contributed by atoms with van der Waals surface area (Å²) in [5.74, 6) is 0. The highest BCUT2D eigenvalue weighted by molar-refractivity contribution is 6.33. The van der Waals surface area contributed by atoms with Gasteiger partial charge in [0.1, 0.15) is 7.85 Å². The summed E-state index contributed by atoms with van der Waals surface area (Å²) in [5, 5.41) is 0. The Morgan fingerprint density at radius 2 is 1.83 bits per heavy atom. The zero-order valence-corrected chi connectivity index (χ0v) is 6.87. The van der Waals surface area contributed by atoms with Gasteiger partial charge in [0.2, 0.25) is 0 Å². The highest BCUT2D eigenvalue weighted by Crippen LogP contribution is 2.29. The zero-order valence-electron chi connectivity index (χ0n) is 6.87. The van der Waals surface area contributed by atoms with Gasteiger partial charge in [-0.25, -0.2) is 0 Å². The molecular weight excluding hydrogens is 164 g/mol. The standard InChI is InChI=1S/C8H8BF3/c1-5-3-2-4-6(9)7(5)8(10,11)12/h2-4H,9H2,1H3. The highest BCUT2D eigenvalue weighted by Gasteiger charge is 2.33. The van der Waals surface area contributed by atoms with E-state index in [2.05, 4.69) is 0 Å². The Morgan fingerprint density at radius 3 is 2.17 bits per heavy atom. The Kier molecular flexibility index (Phi) is 2.17. The molecule has 0 heterocycles. The van der Waals surface area contributed by atoms with E-state index >= 15 is 0 Å². The van der Waals surface area contributed by atoms with E-state index in [1.807, 2.05) is 0 Å². The number of halogens is 3. The van der Waals surface area contributed by atoms with Crippen molar-refractivity contribution >= 4 is 13.3 Å². The van der Waals surface area contributed by atoms with Crippen LogP contribution in [0.15, 0.2) is 18.2 Å². The lowest BCUT2D eigenvalue weighted by Gasteiger charge is -2.12. The number of benzene rings is 1. The molecule has 1 aromatic rings. The number of rotatable bonds is 0. The van der Waals surface area contributed by atoms with Crippen molar-refractivity contribution in [2.24, 2.45) is 0 Å². The normalized spacial score (nSPS) is 11.7. The number of alkyl halides is 3. The second-order valence-corrected chi connectivity index (χ2v) is 2.76. The van der Waals surface area contributed by atoms with Gasteiger partial charge in [-0.15, -0.1) is 0 Å². The lowest BCUT2D eigenvalue weighted by Crippen LogP contribution is -2.21. The first-order valence-corrected chi connectivity index (χ1v) is 3.56. The van der Waals surface area contributed by atoms with Crippen LogP contribution < -0.4 is 5.46 Å². The van der Waals surface area contributed by atoms with Crippen molar-refractivity contribution in [3.05, 3.63) is 29.3 Å². The van der Waals surface area contributed by atoms with Crippen LogP contribution in [0.2, 0.25) is 0 Å². The molecule has 0 saturated heterocycles. The van der Waals surface area contributed by atoms with Crippen LogP contribution in [-0.4, -0.2) is 7.85 Å². The van der Waals surface area contributed by atoms with Crippen LogP contribution in [0.1, 0.15) is 11.1 Å². The molecule has 0 amide bonds. The van der Waals surface area contributed by atoms with E-state index in [0.717, 1.165) is 0 Å². The Hall–Kier alpha value is -0.925. The van der Waals surface area contributed by atoms with E-state index in [0.29, 0.717) is 0 Å². The van der Waals surface area contributed by atoms with Crippen LogP contribution in [0, 0.1) is 6.92 Å². The lowest BCUT2D eigenvalue weighted by atomic mass is 9.88. The van der Waals surface area contributed by atoms with Gasteiger partial charge in [0.15, 0.2) is 0 Å². The number of hydrogen-bond acceptors (Lipinski definition) is 0. The van der Waals surface area contributed by atoms with E-state index in [4.69, 9.17) is 0 Å². The van der Waals surface area contributed by atoms with E-state index in [1.165, 1.54) is 26.9 Å². The van der Waals surface area contributed by atoms with Crippen molar-refractivity contribution in [1.82, 2.24) is 0 Å². The molecule has 0 nitrogen and oxygen atoms in total. The molecular formula is C8H8BF3. The SMILES string of the molecule is Bc1cccc(C)c1C(F)(F)F. The zero-order chi connectivity index (χ0) is 9.35. The molecule has 1 aromatic carbocycles. The van der Waals surface area contributed by atoms with Crippen molar-refractivity contribution in [2.45, 2.75) is 13.1 Å². The third-order valence-corrected chi connectivity index (χ3v) is 1.76. The molecule has 0 aliphatic rings. The van der Waals surface area contributed by atoms with Gasteiger partial charge >= 0.3 is 6.18 Å². The summed E-state index contributed by atoms with van der Waals surface area (Å²) in [5.41, 5.74) is 0.0509. The van der Waals surface area contributed by atoms with Gasteiger partial charge in [-0.2, -0.15) is 13.2 Å². The quantitative estimate of drug-likeness (QED) is 0.517. The summed E-state index contributed by atoms with van der Waals surface area (Å²) < 4.78 is 36.9. The van der Waals surface area contributed by atoms with Gasteiger partial charge < -0.3 is 0 Å². The second kappa shape index (κ2) is 2.85. The Labute approximate surface area is 69.8 Å². The second-order valence-electron chi connectivity index (χ2n) is 2.76. The molecule has 0 saturated carbocycles. The van der Waals surface area contributed by atoms with Gasteiger partial charge in [0.05, 0.1) is 5.56 Å². The maximum atomic E-state index is 12.3. The van der Waals surface area contributed by atoms with Gasteiger partial charge in [-0.1, -0.05) is 23.7 Å². The molecule has 0 fully saturated rings. The average Bonchev–Trinajstić information content (AvgIpc) is 1.82. The van der Waals surface area contributed by atoms with E-state index in [-0.39, 0.29) is 11.0 Å². The monoisotopic (exact) mass is 172 g/mol. The summed E-state index contributed by atoms with van der Waals surface area (Å²) in [6.07, 6.45) is -4.23. The van der Waals surface area contributed by atoms with Crippen molar-refractivity contribution in [2.75, 3.05) is 0 Å². The number of hydrogen-bond donors (Lipinski definition) is 0. The molecule has 1 rings (SSSR count). The first kappa shape index (κ1) is 9.17. The highest BCUT2D eigenvalue weighted by atomic mass is 19.4. The smallest absolute Gasteiger partial charge is 0.166 e. The molecule has 0 N–H and O–H groups in total. The van der Waals surface area contributed by atoms with Gasteiger partial charge in [0, 0.05) is 0 Å². The fraction of sp³-hybridized carbons (Fsp3) is 0.250. The molecule has 0 radical (unpaired) electrons. The van der Waals surface area contributed by atoms with Crippen molar-refractivity contribution in [1.29, 1.82) is 0 Å². The van der Waals surface area contributed by atoms with Crippen molar-refractivity contribution in [3.63, 3.8) is 0 Å². The van der Waals surface area contributed by atoms with Gasteiger partial charge in [-0.05, 0) is 12.5 Å². The molecule has 0 unspecified atom stereocenters. The van der Waals surface area contributed by atoms with Crippen LogP contribution in [0.3, 0.4) is 0 Å². The summed E-state index contributed by atoms with van der Waals surface area (Å²) in [6.45, 7) is 1.47. The first-order chi connectivity index (χ1) is 5.43. The van der Waals surface area contributed by atoms with Gasteiger partial charge in [0.25, 0.3) is 0 Å². The van der Waals surface area contributed by atoms with Crippen LogP contribution in [0.25, 0.3) is 0 Å². The molecule has 0 aliphatic heterocycles. The topological polar surface area (TPSA) is 0 Å². The van der Waals surface area contributed by atoms with Crippen molar-refractivity contribution < 1.29 is 13.2 Å². The summed E-state index contributed by atoms with van der Waals surface area (Å²) in [6, 6.07) is 4.56. The lowest BCUT2D eigenvalue weighted by molar-refractivity contribution is -0.137. The fourth-order valence-electron chi connectivity index (χ4n) is 1.26. The molecule has 0 aromatic heterocycles. The predicted octanol–water partition coefficient (Wildman–Crippen LogP) is 1.27. The maximum Gasteiger partial charge on any atom is 0.416 e. The molecule has 0 aliphatic carbocycles. The minimum absolute atomic E-state index is 0.280.